The lowest BCUT2D eigenvalue weighted by Gasteiger charge is -2.39. The van der Waals surface area contributed by atoms with Crippen LogP contribution >= 0.6 is 0 Å². The van der Waals surface area contributed by atoms with Crippen molar-refractivity contribution >= 4 is 11.8 Å². The molecule has 0 aromatic heterocycles. The van der Waals surface area contributed by atoms with Gasteiger partial charge in [-0.25, -0.2) is 0 Å². The van der Waals surface area contributed by atoms with Gasteiger partial charge in [-0.2, -0.15) is 0 Å². The van der Waals surface area contributed by atoms with Gasteiger partial charge in [-0.3, -0.25) is 9.59 Å². The first-order valence-corrected chi connectivity index (χ1v) is 5.34. The number of hydrogen-bond donors (Lipinski definition) is 6. The molecule has 10 heteroatoms. The van der Waals surface area contributed by atoms with E-state index in [2.05, 4.69) is 0 Å². The third kappa shape index (κ3) is 3.37. The molecule has 6 atom stereocenters. The molecule has 1 saturated heterocycles. The molecule has 1 heterocycles. The van der Waals surface area contributed by atoms with E-state index in [1.54, 1.807) is 0 Å². The number of rotatable bonds is 5. The largest absolute Gasteiger partial charge is 0.393 e. The number of primary amides is 2. The third-order valence-corrected chi connectivity index (χ3v) is 2.63. The van der Waals surface area contributed by atoms with Gasteiger partial charge in [0.25, 0.3) is 0 Å². The summed E-state index contributed by atoms with van der Waals surface area (Å²) in [5.41, 5.74) is 9.84. The van der Waals surface area contributed by atoms with Gasteiger partial charge in [0.1, 0.15) is 18.3 Å². The summed E-state index contributed by atoms with van der Waals surface area (Å²) in [6, 6.07) is 0. The van der Waals surface area contributed by atoms with Crippen LogP contribution < -0.4 is 11.5 Å². The number of carbonyl (C=O) groups is 2. The Morgan fingerprint density at radius 2 is 1.74 bits per heavy atom. The fraction of sp³-hybridized carbons (Fsp3) is 0.778. The summed E-state index contributed by atoms with van der Waals surface area (Å²) in [5.74, 6) is -2.12. The van der Waals surface area contributed by atoms with Crippen molar-refractivity contribution < 1.29 is 39.5 Å². The number of ether oxygens (including phenoxy) is 2. The van der Waals surface area contributed by atoms with Crippen LogP contribution in [-0.2, 0) is 19.1 Å². The summed E-state index contributed by atoms with van der Waals surface area (Å²) in [7, 11) is 0. The molecule has 19 heavy (non-hydrogen) atoms. The predicted octanol–water partition coefficient (Wildman–Crippen LogP) is -4.86. The highest BCUT2D eigenvalue weighted by Gasteiger charge is 2.47. The normalized spacial score (nSPS) is 36.7. The summed E-state index contributed by atoms with van der Waals surface area (Å²) in [6.07, 6.45) is -10.1. The molecule has 110 valence electrons. The van der Waals surface area contributed by atoms with Gasteiger partial charge in [-0.05, 0) is 0 Å². The fourth-order valence-electron chi connectivity index (χ4n) is 1.56. The summed E-state index contributed by atoms with van der Waals surface area (Å²) >= 11 is 0. The maximum absolute atomic E-state index is 11.0. The molecule has 1 fully saturated rings. The SMILES string of the molecule is NC(=O)C(CO)O[C@H]1OC(C(N)=O)[C@H](O)C(O)C1O. The Hall–Kier alpha value is -1.30. The molecule has 8 N–H and O–H groups in total. The maximum atomic E-state index is 11.0. The molecule has 4 unspecified atom stereocenters. The first-order chi connectivity index (χ1) is 8.79. The molecular weight excluding hydrogens is 264 g/mol. The zero-order valence-corrected chi connectivity index (χ0v) is 9.75. The Kier molecular flexibility index (Phi) is 5.17. The summed E-state index contributed by atoms with van der Waals surface area (Å²) < 4.78 is 9.69. The zero-order chi connectivity index (χ0) is 14.7. The van der Waals surface area contributed by atoms with Crippen LogP contribution in [0.3, 0.4) is 0 Å². The highest BCUT2D eigenvalue weighted by molar-refractivity contribution is 5.80. The van der Waals surface area contributed by atoms with Gasteiger partial charge in [0.05, 0.1) is 6.61 Å². The summed E-state index contributed by atoms with van der Waals surface area (Å²) in [5, 5.41) is 37.4. The Balaban J connectivity index is 2.82. The van der Waals surface area contributed by atoms with Crippen LogP contribution in [0.2, 0.25) is 0 Å². The van der Waals surface area contributed by atoms with Crippen molar-refractivity contribution in [3.63, 3.8) is 0 Å². The monoisotopic (exact) mass is 280 g/mol. The van der Waals surface area contributed by atoms with Crippen molar-refractivity contribution in [3.8, 4) is 0 Å². The van der Waals surface area contributed by atoms with Crippen molar-refractivity contribution in [2.75, 3.05) is 6.61 Å². The van der Waals surface area contributed by atoms with E-state index < -0.39 is 55.2 Å². The zero-order valence-electron chi connectivity index (χ0n) is 9.75. The molecule has 1 aliphatic rings. The topological polar surface area (TPSA) is 186 Å². The minimum atomic E-state index is -1.77. The number of carbonyl (C=O) groups excluding carboxylic acids is 2. The highest BCUT2D eigenvalue weighted by atomic mass is 16.7. The lowest BCUT2D eigenvalue weighted by molar-refractivity contribution is -0.299. The summed E-state index contributed by atoms with van der Waals surface area (Å²) in [4.78, 5) is 21.9. The molecular formula is C9H16N2O8. The molecule has 0 aliphatic carbocycles. The van der Waals surface area contributed by atoms with E-state index in [9.17, 15) is 24.9 Å². The molecule has 10 nitrogen and oxygen atoms in total. The average Bonchev–Trinajstić information content (AvgIpc) is 2.34. The average molecular weight is 280 g/mol. The van der Waals surface area contributed by atoms with Crippen LogP contribution in [0.15, 0.2) is 0 Å². The molecule has 0 saturated carbocycles. The molecule has 0 aromatic carbocycles. The molecule has 1 aliphatic heterocycles. The van der Waals surface area contributed by atoms with Gasteiger partial charge in [0, 0.05) is 0 Å². The smallest absolute Gasteiger partial charge is 0.249 e. The van der Waals surface area contributed by atoms with Crippen molar-refractivity contribution in [2.45, 2.75) is 36.8 Å². The quantitative estimate of drug-likeness (QED) is 0.289. The highest BCUT2D eigenvalue weighted by Crippen LogP contribution is 2.22. The van der Waals surface area contributed by atoms with E-state index in [1.807, 2.05) is 0 Å². The van der Waals surface area contributed by atoms with Crippen LogP contribution in [-0.4, -0.2) is 75.7 Å². The predicted molar refractivity (Wildman–Crippen MR) is 57.0 cm³/mol. The van der Waals surface area contributed by atoms with Gasteiger partial charge in [0.15, 0.2) is 18.5 Å². The van der Waals surface area contributed by atoms with Crippen molar-refractivity contribution in [1.82, 2.24) is 0 Å². The number of hydrogen-bond acceptors (Lipinski definition) is 8. The number of aliphatic hydroxyl groups excluding tert-OH is 4. The van der Waals surface area contributed by atoms with Crippen LogP contribution in [0.25, 0.3) is 0 Å². The van der Waals surface area contributed by atoms with Crippen LogP contribution in [0.1, 0.15) is 0 Å². The van der Waals surface area contributed by atoms with E-state index in [1.165, 1.54) is 0 Å². The standard InChI is InChI=1S/C9H16N2O8/c10-7(16)2(1-12)18-9-5(15)3(13)4(14)6(19-9)8(11)17/h2-6,9,12-15H,1H2,(H2,10,16)(H2,11,17)/t2?,3?,4-,5?,6?,9+/m1/s1. The Morgan fingerprint density at radius 1 is 1.16 bits per heavy atom. The van der Waals surface area contributed by atoms with Gasteiger partial charge < -0.3 is 41.4 Å². The Bertz CT molecular complexity index is 349. The molecule has 2 amide bonds. The van der Waals surface area contributed by atoms with E-state index in [4.69, 9.17) is 26.0 Å². The molecule has 0 bridgehead atoms. The van der Waals surface area contributed by atoms with Crippen LogP contribution in [0, 0.1) is 0 Å². The molecule has 1 rings (SSSR count). The lowest BCUT2D eigenvalue weighted by atomic mass is 9.98. The first kappa shape index (κ1) is 15.8. The second-order valence-corrected chi connectivity index (χ2v) is 4.01. The second kappa shape index (κ2) is 6.23. The maximum Gasteiger partial charge on any atom is 0.249 e. The Morgan fingerprint density at radius 3 is 2.16 bits per heavy atom. The number of nitrogens with two attached hydrogens (primary N) is 2. The van der Waals surface area contributed by atoms with Gasteiger partial charge >= 0.3 is 0 Å². The molecule has 0 aromatic rings. The Labute approximate surface area is 107 Å². The van der Waals surface area contributed by atoms with Crippen molar-refractivity contribution in [3.05, 3.63) is 0 Å². The third-order valence-electron chi connectivity index (χ3n) is 2.63. The second-order valence-electron chi connectivity index (χ2n) is 4.01. The molecule has 0 radical (unpaired) electrons. The number of amides is 2. The fourth-order valence-corrected chi connectivity index (χ4v) is 1.56. The minimum Gasteiger partial charge on any atom is -0.393 e. The van der Waals surface area contributed by atoms with Gasteiger partial charge in [0.2, 0.25) is 11.8 Å². The summed E-state index contributed by atoms with van der Waals surface area (Å²) in [6.45, 7) is -0.790. The van der Waals surface area contributed by atoms with Crippen LogP contribution in [0.4, 0.5) is 0 Å². The van der Waals surface area contributed by atoms with Crippen LogP contribution in [0.5, 0.6) is 0 Å². The van der Waals surface area contributed by atoms with Gasteiger partial charge in [-0.1, -0.05) is 0 Å². The minimum absolute atomic E-state index is 0.790. The van der Waals surface area contributed by atoms with Gasteiger partial charge in [-0.15, -0.1) is 0 Å². The first-order valence-electron chi connectivity index (χ1n) is 5.34. The lowest BCUT2D eigenvalue weighted by Crippen LogP contribution is -2.62. The van der Waals surface area contributed by atoms with Crippen molar-refractivity contribution in [2.24, 2.45) is 11.5 Å². The van der Waals surface area contributed by atoms with Crippen molar-refractivity contribution in [1.29, 1.82) is 0 Å². The van der Waals surface area contributed by atoms with E-state index in [-0.39, 0.29) is 0 Å². The van der Waals surface area contributed by atoms with E-state index >= 15 is 0 Å². The molecule has 0 spiro atoms. The van der Waals surface area contributed by atoms with E-state index in [0.717, 1.165) is 0 Å². The van der Waals surface area contributed by atoms with E-state index in [0.29, 0.717) is 0 Å². The number of aliphatic hydroxyl groups is 4.